The van der Waals surface area contributed by atoms with E-state index >= 15 is 0 Å². The Kier molecular flexibility index (Phi) is 4.06. The molecule has 0 fully saturated rings. The third-order valence-electron chi connectivity index (χ3n) is 5.49. The van der Waals surface area contributed by atoms with Crippen molar-refractivity contribution in [1.29, 1.82) is 0 Å². The average Bonchev–Trinajstić information content (AvgIpc) is 3.39. The molecule has 4 heteroatoms. The summed E-state index contributed by atoms with van der Waals surface area (Å²) in [5, 5.41) is 2.11. The first kappa shape index (κ1) is 17.5. The molecule has 0 amide bonds. The van der Waals surface area contributed by atoms with Crippen LogP contribution in [-0.4, -0.2) is 15.0 Å². The number of nitrogens with zero attached hydrogens (tertiary/aromatic N) is 3. The molecule has 0 aliphatic rings. The molecule has 0 aliphatic heterocycles. The Bertz CT molecular complexity index is 1510. The van der Waals surface area contributed by atoms with Crippen molar-refractivity contribution in [1.82, 2.24) is 15.0 Å². The van der Waals surface area contributed by atoms with E-state index in [2.05, 4.69) is 65.6 Å². The maximum absolute atomic E-state index is 5.49. The molecule has 0 unspecified atom stereocenters. The van der Waals surface area contributed by atoms with Crippen LogP contribution in [0.25, 0.3) is 55.6 Å². The van der Waals surface area contributed by atoms with Crippen LogP contribution in [0.15, 0.2) is 108 Å². The molecule has 0 atom stereocenters. The summed E-state index contributed by atoms with van der Waals surface area (Å²) in [6.45, 7) is 0. The van der Waals surface area contributed by atoms with Gasteiger partial charge in [0, 0.05) is 17.0 Å². The lowest BCUT2D eigenvalue weighted by molar-refractivity contribution is 0.572. The van der Waals surface area contributed by atoms with Gasteiger partial charge in [-0.2, -0.15) is 0 Å². The Hall–Kier alpha value is -4.31. The van der Waals surface area contributed by atoms with Crippen LogP contribution in [0.5, 0.6) is 0 Å². The van der Waals surface area contributed by atoms with E-state index in [1.165, 1.54) is 0 Å². The van der Waals surface area contributed by atoms with Crippen LogP contribution in [0.4, 0.5) is 0 Å². The van der Waals surface area contributed by atoms with Gasteiger partial charge >= 0.3 is 0 Å². The second-order valence-corrected chi connectivity index (χ2v) is 7.31. The van der Waals surface area contributed by atoms with E-state index < -0.39 is 0 Å². The van der Waals surface area contributed by atoms with Gasteiger partial charge in [-0.05, 0) is 40.5 Å². The predicted molar refractivity (Wildman–Crippen MR) is 123 cm³/mol. The Morgan fingerprint density at radius 1 is 0.548 bits per heavy atom. The molecule has 6 rings (SSSR count). The molecule has 146 valence electrons. The first-order valence-electron chi connectivity index (χ1n) is 10.1. The molecule has 0 radical (unpaired) electrons. The van der Waals surface area contributed by atoms with Crippen molar-refractivity contribution >= 4 is 21.8 Å². The molecule has 3 aromatic heterocycles. The number of rotatable bonds is 3. The van der Waals surface area contributed by atoms with E-state index in [1.54, 1.807) is 12.5 Å². The predicted octanol–water partition coefficient (Wildman–Crippen LogP) is 6.77. The zero-order chi connectivity index (χ0) is 20.6. The largest absolute Gasteiger partial charge is 0.443 e. The summed E-state index contributed by atoms with van der Waals surface area (Å²) >= 11 is 0. The van der Waals surface area contributed by atoms with Crippen LogP contribution in [0.3, 0.4) is 0 Å². The van der Waals surface area contributed by atoms with Gasteiger partial charge in [-0.15, -0.1) is 0 Å². The van der Waals surface area contributed by atoms with Crippen molar-refractivity contribution < 1.29 is 4.42 Å². The van der Waals surface area contributed by atoms with Crippen molar-refractivity contribution in [3.05, 3.63) is 104 Å². The quantitative estimate of drug-likeness (QED) is 0.308. The van der Waals surface area contributed by atoms with Gasteiger partial charge in [-0.1, -0.05) is 66.7 Å². The molecular formula is C27H17N3O. The van der Waals surface area contributed by atoms with Crippen molar-refractivity contribution in [2.24, 2.45) is 0 Å². The van der Waals surface area contributed by atoms with Gasteiger partial charge in [-0.25, -0.2) is 9.97 Å². The van der Waals surface area contributed by atoms with Crippen molar-refractivity contribution in [3.8, 4) is 33.8 Å². The Labute approximate surface area is 178 Å². The van der Waals surface area contributed by atoms with Gasteiger partial charge in [0.1, 0.15) is 12.0 Å². The van der Waals surface area contributed by atoms with Gasteiger partial charge in [0.15, 0.2) is 0 Å². The zero-order valence-electron chi connectivity index (χ0n) is 16.6. The van der Waals surface area contributed by atoms with Gasteiger partial charge in [-0.3, -0.25) is 4.98 Å². The monoisotopic (exact) mass is 399 g/mol. The van der Waals surface area contributed by atoms with Crippen LogP contribution in [0.2, 0.25) is 0 Å². The molecule has 31 heavy (non-hydrogen) atoms. The zero-order valence-corrected chi connectivity index (χ0v) is 16.6. The first-order chi connectivity index (χ1) is 15.4. The highest BCUT2D eigenvalue weighted by Gasteiger charge is 2.19. The van der Waals surface area contributed by atoms with E-state index in [4.69, 9.17) is 14.4 Å². The van der Waals surface area contributed by atoms with Gasteiger partial charge in [0.2, 0.25) is 5.89 Å². The van der Waals surface area contributed by atoms with Gasteiger partial charge < -0.3 is 4.42 Å². The fraction of sp³-hybridized carbons (Fsp3) is 0. The minimum Gasteiger partial charge on any atom is -0.443 e. The molecule has 3 heterocycles. The number of hydrogen-bond donors (Lipinski definition) is 0. The van der Waals surface area contributed by atoms with E-state index in [0.717, 1.165) is 44.1 Å². The molecule has 0 bridgehead atoms. The fourth-order valence-electron chi connectivity index (χ4n) is 4.18. The molecule has 3 aromatic carbocycles. The molecule has 0 saturated heterocycles. The number of benzene rings is 3. The summed E-state index contributed by atoms with van der Waals surface area (Å²) in [5.41, 5.74) is 6.99. The standard InChI is InChI=1S/C27H17N3O/c1-3-8-18(9-4-1)23-20-12-7-15-28-25(20)26-21(24(23)19-10-5-2-6-11-19)13-14-22(30-26)27-29-16-17-31-27/h1-17H. The van der Waals surface area contributed by atoms with Crippen LogP contribution >= 0.6 is 0 Å². The van der Waals surface area contributed by atoms with E-state index in [9.17, 15) is 0 Å². The van der Waals surface area contributed by atoms with Crippen LogP contribution in [0, 0.1) is 0 Å². The summed E-state index contributed by atoms with van der Waals surface area (Å²) in [7, 11) is 0. The second kappa shape index (κ2) is 7.18. The summed E-state index contributed by atoms with van der Waals surface area (Å²) in [6, 6.07) is 29.1. The maximum atomic E-state index is 5.49. The fourth-order valence-corrected chi connectivity index (χ4v) is 4.18. The van der Waals surface area contributed by atoms with Gasteiger partial charge in [0.05, 0.1) is 17.2 Å². The molecular weight excluding hydrogens is 382 g/mol. The Morgan fingerprint density at radius 2 is 1.23 bits per heavy atom. The third-order valence-corrected chi connectivity index (χ3v) is 5.49. The highest BCUT2D eigenvalue weighted by Crippen LogP contribution is 2.43. The van der Waals surface area contributed by atoms with E-state index in [1.807, 2.05) is 30.5 Å². The molecule has 0 spiro atoms. The van der Waals surface area contributed by atoms with Gasteiger partial charge in [0.25, 0.3) is 0 Å². The van der Waals surface area contributed by atoms with Crippen LogP contribution in [-0.2, 0) is 0 Å². The number of oxazole rings is 1. The highest BCUT2D eigenvalue weighted by molar-refractivity contribution is 6.19. The van der Waals surface area contributed by atoms with Crippen LogP contribution < -0.4 is 0 Å². The average molecular weight is 399 g/mol. The topological polar surface area (TPSA) is 51.8 Å². The van der Waals surface area contributed by atoms with Crippen LogP contribution in [0.1, 0.15) is 0 Å². The minimum atomic E-state index is 0.499. The minimum absolute atomic E-state index is 0.499. The Balaban J connectivity index is 1.81. The summed E-state index contributed by atoms with van der Waals surface area (Å²) in [6.07, 6.45) is 5.01. The lowest BCUT2D eigenvalue weighted by atomic mass is 9.87. The summed E-state index contributed by atoms with van der Waals surface area (Å²) < 4.78 is 5.49. The smallest absolute Gasteiger partial charge is 0.245 e. The molecule has 6 aromatic rings. The lowest BCUT2D eigenvalue weighted by Crippen LogP contribution is -1.95. The third kappa shape index (κ3) is 2.89. The second-order valence-electron chi connectivity index (χ2n) is 7.31. The number of aromatic nitrogens is 3. The van der Waals surface area contributed by atoms with Crippen molar-refractivity contribution in [3.63, 3.8) is 0 Å². The maximum Gasteiger partial charge on any atom is 0.245 e. The first-order valence-corrected chi connectivity index (χ1v) is 10.1. The van der Waals surface area contributed by atoms with E-state index in [-0.39, 0.29) is 0 Å². The summed E-state index contributed by atoms with van der Waals surface area (Å²) in [4.78, 5) is 14.0. The lowest BCUT2D eigenvalue weighted by Gasteiger charge is -2.17. The van der Waals surface area contributed by atoms with E-state index in [0.29, 0.717) is 11.6 Å². The molecule has 4 nitrogen and oxygen atoms in total. The normalized spacial score (nSPS) is 11.2. The molecule has 0 saturated carbocycles. The van der Waals surface area contributed by atoms with Crippen molar-refractivity contribution in [2.75, 3.05) is 0 Å². The Morgan fingerprint density at radius 3 is 1.87 bits per heavy atom. The number of hydrogen-bond acceptors (Lipinski definition) is 4. The summed E-state index contributed by atoms with van der Waals surface area (Å²) in [5.74, 6) is 0.499. The highest BCUT2D eigenvalue weighted by atomic mass is 16.3. The molecule has 0 N–H and O–H groups in total. The number of pyridine rings is 2. The molecule has 0 aliphatic carbocycles. The SMILES string of the molecule is c1ccc(-c2c(-c3ccccc3)c3ccc(-c4ncco4)nc3c3ncccc23)cc1. The van der Waals surface area contributed by atoms with Crippen molar-refractivity contribution in [2.45, 2.75) is 0 Å². The number of fused-ring (bicyclic) bond motifs is 3.